The molecular formula is C10H8BrClF2O3. The van der Waals surface area contributed by atoms with Crippen LogP contribution in [0.3, 0.4) is 0 Å². The third kappa shape index (κ3) is 4.12. The molecule has 3 nitrogen and oxygen atoms in total. The van der Waals surface area contributed by atoms with Crippen LogP contribution in [0.4, 0.5) is 8.78 Å². The Morgan fingerprint density at radius 3 is 2.59 bits per heavy atom. The third-order valence-electron chi connectivity index (χ3n) is 1.88. The number of methoxy groups -OCH3 is 1. The van der Waals surface area contributed by atoms with Crippen LogP contribution in [0.2, 0.25) is 0 Å². The van der Waals surface area contributed by atoms with Gasteiger partial charge in [0.15, 0.2) is 11.5 Å². The lowest BCUT2D eigenvalue weighted by Gasteiger charge is -2.12. The molecule has 94 valence electrons. The first kappa shape index (κ1) is 14.2. The summed E-state index contributed by atoms with van der Waals surface area (Å²) >= 11 is 8.42. The van der Waals surface area contributed by atoms with Crippen LogP contribution in [-0.2, 0) is 11.2 Å². The van der Waals surface area contributed by atoms with Gasteiger partial charge in [0.05, 0.1) is 7.11 Å². The van der Waals surface area contributed by atoms with Gasteiger partial charge in [-0.25, -0.2) is 0 Å². The van der Waals surface area contributed by atoms with Gasteiger partial charge in [-0.2, -0.15) is 8.78 Å². The molecule has 0 aromatic heterocycles. The molecule has 0 radical (unpaired) electrons. The Kier molecular flexibility index (Phi) is 5.14. The molecular weight excluding hydrogens is 321 g/mol. The molecule has 0 spiro atoms. The van der Waals surface area contributed by atoms with Gasteiger partial charge < -0.3 is 9.47 Å². The monoisotopic (exact) mass is 328 g/mol. The van der Waals surface area contributed by atoms with E-state index >= 15 is 0 Å². The Labute approximate surface area is 110 Å². The number of ether oxygens (including phenoxy) is 2. The maximum atomic E-state index is 12.1. The third-order valence-corrected chi connectivity index (χ3v) is 2.75. The van der Waals surface area contributed by atoms with Crippen molar-refractivity contribution in [1.29, 1.82) is 0 Å². The highest BCUT2D eigenvalue weighted by atomic mass is 79.9. The predicted molar refractivity (Wildman–Crippen MR) is 61.9 cm³/mol. The fourth-order valence-electron chi connectivity index (χ4n) is 1.21. The average Bonchev–Trinajstić information content (AvgIpc) is 2.21. The summed E-state index contributed by atoms with van der Waals surface area (Å²) in [6, 6.07) is 2.72. The summed E-state index contributed by atoms with van der Waals surface area (Å²) in [4.78, 5) is 10.8. The molecule has 0 bridgehead atoms. The summed E-state index contributed by atoms with van der Waals surface area (Å²) in [5, 5.41) is -0.598. The quantitative estimate of drug-likeness (QED) is 0.777. The summed E-state index contributed by atoms with van der Waals surface area (Å²) in [7, 11) is 1.33. The van der Waals surface area contributed by atoms with Gasteiger partial charge in [-0.15, -0.1) is 0 Å². The lowest BCUT2D eigenvalue weighted by molar-refractivity contribution is -0.111. The van der Waals surface area contributed by atoms with Crippen molar-refractivity contribution in [2.24, 2.45) is 0 Å². The highest BCUT2D eigenvalue weighted by Gasteiger charge is 2.15. The van der Waals surface area contributed by atoms with Crippen molar-refractivity contribution in [2.75, 3.05) is 7.11 Å². The van der Waals surface area contributed by atoms with Crippen LogP contribution in [0.25, 0.3) is 0 Å². The normalized spacial score (nSPS) is 10.5. The molecule has 0 saturated carbocycles. The number of carbonyl (C=O) groups is 1. The number of benzene rings is 1. The summed E-state index contributed by atoms with van der Waals surface area (Å²) in [5.74, 6) is 0.00145. The number of halogens is 4. The zero-order chi connectivity index (χ0) is 13.0. The van der Waals surface area contributed by atoms with Gasteiger partial charge in [0.25, 0.3) is 0 Å². The second kappa shape index (κ2) is 6.16. The molecule has 1 rings (SSSR count). The molecule has 0 aliphatic carbocycles. The highest BCUT2D eigenvalue weighted by molar-refractivity contribution is 9.10. The molecule has 1 aromatic rings. The maximum absolute atomic E-state index is 12.1. The molecule has 0 unspecified atom stereocenters. The van der Waals surface area contributed by atoms with Crippen LogP contribution in [0.15, 0.2) is 16.6 Å². The SMILES string of the molecule is COc1cc(Br)c(CC(=O)Cl)cc1OC(F)F. The van der Waals surface area contributed by atoms with Crippen molar-refractivity contribution in [3.05, 3.63) is 22.2 Å². The number of hydrogen-bond acceptors (Lipinski definition) is 3. The minimum Gasteiger partial charge on any atom is -0.493 e. The highest BCUT2D eigenvalue weighted by Crippen LogP contribution is 2.34. The molecule has 0 fully saturated rings. The van der Waals surface area contributed by atoms with Crippen molar-refractivity contribution < 1.29 is 23.0 Å². The molecule has 0 amide bonds. The number of alkyl halides is 2. The van der Waals surface area contributed by atoms with Gasteiger partial charge in [-0.3, -0.25) is 4.79 Å². The molecule has 7 heteroatoms. The second-order valence-electron chi connectivity index (χ2n) is 3.00. The van der Waals surface area contributed by atoms with E-state index in [-0.39, 0.29) is 17.9 Å². The van der Waals surface area contributed by atoms with Crippen LogP contribution in [0.5, 0.6) is 11.5 Å². The topological polar surface area (TPSA) is 35.5 Å². The van der Waals surface area contributed by atoms with Crippen molar-refractivity contribution in [3.8, 4) is 11.5 Å². The Balaban J connectivity index is 3.12. The van der Waals surface area contributed by atoms with E-state index in [0.29, 0.717) is 10.0 Å². The zero-order valence-electron chi connectivity index (χ0n) is 8.68. The van der Waals surface area contributed by atoms with E-state index in [2.05, 4.69) is 20.7 Å². The fraction of sp³-hybridized carbons (Fsp3) is 0.300. The summed E-state index contributed by atoms with van der Waals surface area (Å²) in [6.45, 7) is -2.97. The minimum absolute atomic E-state index is 0.0915. The Morgan fingerprint density at radius 2 is 2.12 bits per heavy atom. The molecule has 0 saturated heterocycles. The Hall–Kier alpha value is -0.880. The van der Waals surface area contributed by atoms with Gasteiger partial charge in [0, 0.05) is 10.9 Å². The number of hydrogen-bond donors (Lipinski definition) is 0. The molecule has 0 atom stereocenters. The second-order valence-corrected chi connectivity index (χ2v) is 4.28. The van der Waals surface area contributed by atoms with Crippen LogP contribution >= 0.6 is 27.5 Å². The smallest absolute Gasteiger partial charge is 0.387 e. The molecule has 0 aliphatic rings. The fourth-order valence-corrected chi connectivity index (χ4v) is 1.82. The first-order valence-corrected chi connectivity index (χ1v) is 5.60. The van der Waals surface area contributed by atoms with E-state index in [1.807, 2.05) is 0 Å². The Bertz CT molecular complexity index is 426. The molecule has 17 heavy (non-hydrogen) atoms. The van der Waals surface area contributed by atoms with E-state index in [4.69, 9.17) is 16.3 Å². The van der Waals surface area contributed by atoms with Crippen molar-refractivity contribution in [3.63, 3.8) is 0 Å². The molecule has 0 N–H and O–H groups in total. The first-order valence-electron chi connectivity index (χ1n) is 4.43. The molecule has 0 heterocycles. The largest absolute Gasteiger partial charge is 0.493 e. The zero-order valence-corrected chi connectivity index (χ0v) is 11.0. The van der Waals surface area contributed by atoms with Gasteiger partial charge in [0.2, 0.25) is 5.24 Å². The maximum Gasteiger partial charge on any atom is 0.387 e. The van der Waals surface area contributed by atoms with E-state index < -0.39 is 11.9 Å². The van der Waals surface area contributed by atoms with E-state index in [1.165, 1.54) is 19.2 Å². The van der Waals surface area contributed by atoms with E-state index in [9.17, 15) is 13.6 Å². The van der Waals surface area contributed by atoms with Gasteiger partial charge in [-0.1, -0.05) is 15.9 Å². The lowest BCUT2D eigenvalue weighted by Crippen LogP contribution is -2.05. The summed E-state index contributed by atoms with van der Waals surface area (Å²) < 4.78 is 34.0. The first-order chi connectivity index (χ1) is 7.93. The standard InChI is InChI=1S/C10H8BrClF2O3/c1-16-7-4-6(11)5(3-9(12)15)2-8(7)17-10(13)14/h2,4,10H,3H2,1H3. The van der Waals surface area contributed by atoms with E-state index in [1.54, 1.807) is 0 Å². The van der Waals surface area contributed by atoms with Crippen LogP contribution in [0.1, 0.15) is 5.56 Å². The predicted octanol–water partition coefficient (Wildman–Crippen LogP) is 3.37. The van der Waals surface area contributed by atoms with Gasteiger partial charge in [0.1, 0.15) is 0 Å². The van der Waals surface area contributed by atoms with Gasteiger partial charge in [-0.05, 0) is 29.3 Å². The number of carbonyl (C=O) groups excluding carboxylic acids is 1. The summed E-state index contributed by atoms with van der Waals surface area (Å²) in [6.07, 6.45) is -0.0915. The van der Waals surface area contributed by atoms with Crippen LogP contribution < -0.4 is 9.47 Å². The lowest BCUT2D eigenvalue weighted by atomic mass is 10.1. The molecule has 1 aromatic carbocycles. The van der Waals surface area contributed by atoms with E-state index in [0.717, 1.165) is 0 Å². The summed E-state index contributed by atoms with van der Waals surface area (Å²) in [5.41, 5.74) is 0.446. The molecule has 0 aliphatic heterocycles. The van der Waals surface area contributed by atoms with Crippen molar-refractivity contribution in [1.82, 2.24) is 0 Å². The van der Waals surface area contributed by atoms with Crippen molar-refractivity contribution >= 4 is 32.8 Å². The average molecular weight is 330 g/mol. The minimum atomic E-state index is -2.97. The Morgan fingerprint density at radius 1 is 1.47 bits per heavy atom. The van der Waals surface area contributed by atoms with Gasteiger partial charge >= 0.3 is 6.61 Å². The van der Waals surface area contributed by atoms with Crippen LogP contribution in [0, 0.1) is 0 Å². The van der Waals surface area contributed by atoms with Crippen LogP contribution in [-0.4, -0.2) is 19.0 Å². The van der Waals surface area contributed by atoms with Crippen molar-refractivity contribution in [2.45, 2.75) is 13.0 Å². The number of rotatable bonds is 5.